The number of rotatable bonds is 7. The van der Waals surface area contributed by atoms with Crippen LogP contribution < -0.4 is 0 Å². The van der Waals surface area contributed by atoms with Gasteiger partial charge in [-0.05, 0) is 95.1 Å². The number of nitrogens with zero attached hydrogens (tertiary/aromatic N) is 4. The lowest BCUT2D eigenvalue weighted by atomic mass is 9.95. The monoisotopic (exact) mass is 926 g/mol. The predicted molar refractivity (Wildman–Crippen MR) is 268 cm³/mol. The summed E-state index contributed by atoms with van der Waals surface area (Å²) >= 11 is 0. The van der Waals surface area contributed by atoms with E-state index in [-0.39, 0.29) is 11.3 Å². The van der Waals surface area contributed by atoms with E-state index < -0.39 is 29.0 Å². The van der Waals surface area contributed by atoms with E-state index in [0.29, 0.717) is 27.8 Å². The van der Waals surface area contributed by atoms with E-state index in [1.54, 1.807) is 12.4 Å². The molecule has 0 aliphatic rings. The predicted octanol–water partition coefficient (Wildman–Crippen LogP) is 17.0. The number of aromatic nitrogens is 4. The molecule has 0 fully saturated rings. The Morgan fingerprint density at radius 3 is 1.26 bits per heavy atom. The molecule has 0 saturated carbocycles. The van der Waals surface area contributed by atoms with Crippen LogP contribution in [0.15, 0.2) is 219 Å². The van der Waals surface area contributed by atoms with Crippen LogP contribution in [0, 0.1) is 0 Å². The summed E-state index contributed by atoms with van der Waals surface area (Å²) in [6.07, 6.45) is -6.28. The van der Waals surface area contributed by atoms with Gasteiger partial charge < -0.3 is 9.13 Å². The summed E-state index contributed by atoms with van der Waals surface area (Å²) in [4.78, 5) is 9.52. The SMILES string of the molecule is FC(F)(F)c1cccc(-c2cc(-n3c4ccccc4c4cc(-c5cccnc5-c5ccccc5)ccc43)c(-n3c4ccccc4c4cc(-c5cccnc5-c5ccccc5)ccc43)cc2C(F)(F)F)c1. The third-order valence-corrected chi connectivity index (χ3v) is 13.1. The molecule has 0 spiro atoms. The van der Waals surface area contributed by atoms with Gasteiger partial charge in [-0.2, -0.15) is 26.3 Å². The first-order valence-electron chi connectivity index (χ1n) is 22.5. The molecule has 0 atom stereocenters. The molecule has 0 unspecified atom stereocenters. The van der Waals surface area contributed by atoms with Crippen LogP contribution in [0.4, 0.5) is 26.3 Å². The molecule has 0 saturated heterocycles. The third-order valence-electron chi connectivity index (χ3n) is 13.1. The van der Waals surface area contributed by atoms with Gasteiger partial charge in [0.25, 0.3) is 0 Å². The molecule has 10 heteroatoms. The maximum absolute atomic E-state index is 15.8. The summed E-state index contributed by atoms with van der Waals surface area (Å²) in [5, 5.41) is 3.23. The smallest absolute Gasteiger partial charge is 0.307 e. The van der Waals surface area contributed by atoms with Crippen LogP contribution >= 0.6 is 0 Å². The molecule has 4 heterocycles. The molecule has 0 amide bonds. The molecule has 12 aromatic rings. The first kappa shape index (κ1) is 42.6. The van der Waals surface area contributed by atoms with Crippen LogP contribution in [-0.4, -0.2) is 19.1 Å². The van der Waals surface area contributed by atoms with Crippen LogP contribution in [0.3, 0.4) is 0 Å². The quantitative estimate of drug-likeness (QED) is 0.149. The Bertz CT molecular complexity index is 3980. The number of pyridine rings is 2. The Labute approximate surface area is 397 Å². The highest BCUT2D eigenvalue weighted by Gasteiger charge is 2.37. The Morgan fingerprint density at radius 1 is 0.314 bits per heavy atom. The van der Waals surface area contributed by atoms with Crippen LogP contribution in [-0.2, 0) is 12.4 Å². The van der Waals surface area contributed by atoms with Gasteiger partial charge in [-0.15, -0.1) is 0 Å². The molecule has 70 heavy (non-hydrogen) atoms. The average molecular weight is 927 g/mol. The van der Waals surface area contributed by atoms with E-state index >= 15 is 13.2 Å². The number of alkyl halides is 6. The molecule has 0 aliphatic heterocycles. The van der Waals surface area contributed by atoms with Crippen molar-refractivity contribution < 1.29 is 26.3 Å². The minimum Gasteiger partial charge on any atom is -0.307 e. The Morgan fingerprint density at radius 2 is 0.757 bits per heavy atom. The van der Waals surface area contributed by atoms with Gasteiger partial charge >= 0.3 is 12.4 Å². The van der Waals surface area contributed by atoms with E-state index in [1.165, 1.54) is 12.1 Å². The number of para-hydroxylation sites is 2. The molecule has 0 aliphatic carbocycles. The van der Waals surface area contributed by atoms with Gasteiger partial charge in [0.15, 0.2) is 0 Å². The highest BCUT2D eigenvalue weighted by molar-refractivity contribution is 6.13. The zero-order valence-corrected chi connectivity index (χ0v) is 36.8. The van der Waals surface area contributed by atoms with Crippen molar-refractivity contribution in [2.75, 3.05) is 0 Å². The van der Waals surface area contributed by atoms with Crippen LogP contribution in [0.5, 0.6) is 0 Å². The van der Waals surface area contributed by atoms with Gasteiger partial charge in [-0.3, -0.25) is 9.97 Å². The first-order chi connectivity index (χ1) is 34.0. The number of fused-ring (bicyclic) bond motifs is 6. The normalized spacial score (nSPS) is 12.1. The fourth-order valence-corrected chi connectivity index (χ4v) is 10.0. The number of benzene rings is 8. The number of hydrogen-bond donors (Lipinski definition) is 0. The maximum Gasteiger partial charge on any atom is 0.417 e. The lowest BCUT2D eigenvalue weighted by Gasteiger charge is -2.22. The zero-order valence-electron chi connectivity index (χ0n) is 36.8. The number of hydrogen-bond acceptors (Lipinski definition) is 2. The summed E-state index contributed by atoms with van der Waals surface area (Å²) in [5.74, 6) is 0. The fourth-order valence-electron chi connectivity index (χ4n) is 10.0. The van der Waals surface area contributed by atoms with Crippen molar-refractivity contribution in [1.29, 1.82) is 0 Å². The number of halogens is 6. The molecule has 0 bridgehead atoms. The van der Waals surface area contributed by atoms with Crippen molar-refractivity contribution in [1.82, 2.24) is 19.1 Å². The van der Waals surface area contributed by atoms with E-state index in [9.17, 15) is 13.2 Å². The topological polar surface area (TPSA) is 35.6 Å². The Hall–Kier alpha value is -8.76. The Balaban J connectivity index is 1.16. The van der Waals surface area contributed by atoms with Crippen molar-refractivity contribution in [3.8, 4) is 67.3 Å². The highest BCUT2D eigenvalue weighted by Crippen LogP contribution is 2.47. The largest absolute Gasteiger partial charge is 0.417 e. The van der Waals surface area contributed by atoms with Gasteiger partial charge in [0.1, 0.15) is 0 Å². The summed E-state index contributed by atoms with van der Waals surface area (Å²) in [7, 11) is 0. The van der Waals surface area contributed by atoms with Gasteiger partial charge in [-0.25, -0.2) is 0 Å². The second-order valence-corrected chi connectivity index (χ2v) is 17.2. The van der Waals surface area contributed by atoms with Crippen molar-refractivity contribution in [2.45, 2.75) is 12.4 Å². The van der Waals surface area contributed by atoms with Crippen LogP contribution in [0.1, 0.15) is 11.1 Å². The Kier molecular flexibility index (Phi) is 10.0. The van der Waals surface area contributed by atoms with Crippen LogP contribution in [0.2, 0.25) is 0 Å². The lowest BCUT2D eigenvalue weighted by molar-refractivity contribution is -0.137. The highest BCUT2D eigenvalue weighted by atomic mass is 19.4. The van der Waals surface area contributed by atoms with Crippen LogP contribution in [0.25, 0.3) is 111 Å². The standard InChI is InChI=1S/C60H36F6N4/c61-59(62,63)42-19-11-18-39(32-42)47-35-55(69-51-24-9-7-20-45(51)48-33-40(26-28-53(48)69)43-22-12-30-67-57(43)37-14-3-1-4-15-37)56(36-50(47)60(64,65)66)70-52-25-10-8-21-46(52)49-34-41(27-29-54(49)70)44-23-13-31-68-58(44)38-16-5-2-6-17-38/h1-36H. The molecular formula is C60H36F6N4. The first-order valence-corrected chi connectivity index (χ1v) is 22.5. The molecule has 338 valence electrons. The molecule has 4 aromatic heterocycles. The molecule has 12 rings (SSSR count). The molecule has 4 nitrogen and oxygen atoms in total. The maximum atomic E-state index is 15.8. The molecule has 8 aromatic carbocycles. The van der Waals surface area contributed by atoms with E-state index in [4.69, 9.17) is 9.97 Å². The van der Waals surface area contributed by atoms with Gasteiger partial charge in [-0.1, -0.05) is 133 Å². The van der Waals surface area contributed by atoms with Crippen molar-refractivity contribution in [3.63, 3.8) is 0 Å². The molecular weight excluding hydrogens is 891 g/mol. The zero-order chi connectivity index (χ0) is 47.7. The fraction of sp³-hybridized carbons (Fsp3) is 0.0333. The van der Waals surface area contributed by atoms with E-state index in [1.807, 2.05) is 173 Å². The summed E-state index contributed by atoms with van der Waals surface area (Å²) in [6, 6.07) is 61.2. The summed E-state index contributed by atoms with van der Waals surface area (Å²) in [6.45, 7) is 0. The summed E-state index contributed by atoms with van der Waals surface area (Å²) in [5.41, 5.74) is 7.34. The van der Waals surface area contributed by atoms with Crippen molar-refractivity contribution >= 4 is 43.6 Å². The second kappa shape index (κ2) is 16.5. The average Bonchev–Trinajstić information content (AvgIpc) is 3.90. The third kappa shape index (κ3) is 7.18. The van der Waals surface area contributed by atoms with Crippen molar-refractivity contribution in [3.05, 3.63) is 230 Å². The van der Waals surface area contributed by atoms with Crippen molar-refractivity contribution in [2.24, 2.45) is 0 Å². The minimum atomic E-state index is -4.98. The van der Waals surface area contributed by atoms with Gasteiger partial charge in [0.05, 0.1) is 56.0 Å². The molecule has 0 radical (unpaired) electrons. The molecule has 0 N–H and O–H groups in total. The van der Waals surface area contributed by atoms with Gasteiger partial charge in [0, 0.05) is 56.2 Å². The second-order valence-electron chi connectivity index (χ2n) is 17.2. The van der Waals surface area contributed by atoms with Gasteiger partial charge in [0.2, 0.25) is 0 Å². The van der Waals surface area contributed by atoms with E-state index in [2.05, 4.69) is 6.07 Å². The minimum absolute atomic E-state index is 0.179. The summed E-state index contributed by atoms with van der Waals surface area (Å²) < 4.78 is 94.2. The van der Waals surface area contributed by atoms with E-state index in [0.717, 1.165) is 90.6 Å². The lowest BCUT2D eigenvalue weighted by Crippen LogP contribution is -2.12.